The molecule has 2 heterocycles. The van der Waals surface area contributed by atoms with E-state index < -0.39 is 0 Å². The van der Waals surface area contributed by atoms with Gasteiger partial charge in [-0.2, -0.15) is 0 Å². The number of carbonyl (C=O) groups is 2. The summed E-state index contributed by atoms with van der Waals surface area (Å²) in [7, 11) is 0. The minimum absolute atomic E-state index is 0.0232. The summed E-state index contributed by atoms with van der Waals surface area (Å²) in [6.45, 7) is 4.29. The van der Waals surface area contributed by atoms with Crippen LogP contribution in [0.1, 0.15) is 63.2 Å². The highest BCUT2D eigenvalue weighted by Gasteiger charge is 2.26. The number of amides is 2. The van der Waals surface area contributed by atoms with Gasteiger partial charge in [0.05, 0.1) is 25.5 Å². The fraction of sp³-hybridized carbons (Fsp3) is 0.538. The molecule has 0 spiro atoms. The average Bonchev–Trinajstić information content (AvgIpc) is 3.51. The van der Waals surface area contributed by atoms with Gasteiger partial charge < -0.3 is 19.0 Å². The zero-order chi connectivity index (χ0) is 22.6. The van der Waals surface area contributed by atoms with Gasteiger partial charge in [0.1, 0.15) is 5.76 Å². The molecular weight excluding hydrogens is 404 g/mol. The second-order valence-electron chi connectivity index (χ2n) is 8.53. The summed E-state index contributed by atoms with van der Waals surface area (Å²) < 4.78 is 11.3. The van der Waals surface area contributed by atoms with E-state index in [2.05, 4.69) is 6.92 Å². The molecule has 6 nitrogen and oxygen atoms in total. The molecular formula is C26H36N2O4. The van der Waals surface area contributed by atoms with Crippen LogP contribution in [0.15, 0.2) is 53.1 Å². The van der Waals surface area contributed by atoms with Gasteiger partial charge in [-0.05, 0) is 37.0 Å². The third-order valence-electron chi connectivity index (χ3n) is 5.87. The van der Waals surface area contributed by atoms with Crippen molar-refractivity contribution in [3.63, 3.8) is 0 Å². The van der Waals surface area contributed by atoms with E-state index in [-0.39, 0.29) is 24.5 Å². The summed E-state index contributed by atoms with van der Waals surface area (Å²) in [6, 6.07) is 13.6. The standard InChI is InChI=1S/C26H36N2O4/c1-2-3-4-8-15-25(29)28(20-24-14-10-17-32-24)21-26(30)27(19-23-13-9-16-31-23)18-22-11-6-5-7-12-22/h5-7,9,11-13,16,24H,2-4,8,10,14-15,17-21H2,1H3/t24-/m1/s1. The minimum Gasteiger partial charge on any atom is -0.467 e. The van der Waals surface area contributed by atoms with Gasteiger partial charge in [0, 0.05) is 26.1 Å². The van der Waals surface area contributed by atoms with E-state index in [1.807, 2.05) is 42.5 Å². The SMILES string of the molecule is CCCCCCC(=O)N(CC(=O)N(Cc1ccccc1)Cc1ccco1)C[C@H]1CCCO1. The number of nitrogens with zero attached hydrogens (tertiary/aromatic N) is 2. The van der Waals surface area contributed by atoms with Crippen LogP contribution in [0, 0.1) is 0 Å². The van der Waals surface area contributed by atoms with Crippen LogP contribution >= 0.6 is 0 Å². The summed E-state index contributed by atoms with van der Waals surface area (Å²) in [5, 5.41) is 0. The van der Waals surface area contributed by atoms with E-state index in [0.717, 1.165) is 56.5 Å². The van der Waals surface area contributed by atoms with Gasteiger partial charge in [-0.1, -0.05) is 56.5 Å². The first-order valence-corrected chi connectivity index (χ1v) is 11.9. The number of carbonyl (C=O) groups excluding carboxylic acids is 2. The third-order valence-corrected chi connectivity index (χ3v) is 5.87. The van der Waals surface area contributed by atoms with Gasteiger partial charge in [-0.15, -0.1) is 0 Å². The fourth-order valence-electron chi connectivity index (χ4n) is 4.04. The molecule has 3 rings (SSSR count). The minimum atomic E-state index is -0.0786. The summed E-state index contributed by atoms with van der Waals surface area (Å²) >= 11 is 0. The molecule has 2 aromatic rings. The molecule has 174 valence electrons. The summed E-state index contributed by atoms with van der Waals surface area (Å²) in [4.78, 5) is 29.9. The van der Waals surface area contributed by atoms with Crippen LogP contribution in [-0.4, -0.2) is 47.4 Å². The summed E-state index contributed by atoms with van der Waals surface area (Å²) in [6.07, 6.45) is 8.24. The van der Waals surface area contributed by atoms with E-state index in [9.17, 15) is 9.59 Å². The Bertz CT molecular complexity index is 800. The Morgan fingerprint density at radius 2 is 1.81 bits per heavy atom. The molecule has 1 aromatic carbocycles. The lowest BCUT2D eigenvalue weighted by Gasteiger charge is -2.29. The number of unbranched alkanes of at least 4 members (excludes halogenated alkanes) is 3. The Kier molecular flexibility index (Phi) is 9.82. The number of ether oxygens (including phenoxy) is 1. The Labute approximate surface area is 191 Å². The molecule has 0 saturated carbocycles. The van der Waals surface area contributed by atoms with Crippen molar-refractivity contribution in [3.8, 4) is 0 Å². The zero-order valence-corrected chi connectivity index (χ0v) is 19.2. The van der Waals surface area contributed by atoms with E-state index in [0.29, 0.717) is 26.1 Å². The molecule has 1 saturated heterocycles. The van der Waals surface area contributed by atoms with Crippen molar-refractivity contribution >= 4 is 11.8 Å². The van der Waals surface area contributed by atoms with Gasteiger partial charge >= 0.3 is 0 Å². The van der Waals surface area contributed by atoms with Crippen molar-refractivity contribution in [1.82, 2.24) is 9.80 Å². The number of hydrogen-bond acceptors (Lipinski definition) is 4. The van der Waals surface area contributed by atoms with Crippen LogP contribution in [0.25, 0.3) is 0 Å². The quantitative estimate of drug-likeness (QED) is 0.420. The number of hydrogen-bond donors (Lipinski definition) is 0. The van der Waals surface area contributed by atoms with E-state index >= 15 is 0 Å². The molecule has 0 unspecified atom stereocenters. The average molecular weight is 441 g/mol. The first-order chi connectivity index (χ1) is 15.7. The molecule has 1 aliphatic heterocycles. The molecule has 1 atom stereocenters. The van der Waals surface area contributed by atoms with Gasteiger partial charge in [-0.25, -0.2) is 0 Å². The highest BCUT2D eigenvalue weighted by atomic mass is 16.5. The van der Waals surface area contributed by atoms with Gasteiger partial charge in [-0.3, -0.25) is 9.59 Å². The van der Waals surface area contributed by atoms with Gasteiger partial charge in [0.25, 0.3) is 0 Å². The third kappa shape index (κ3) is 7.83. The second-order valence-corrected chi connectivity index (χ2v) is 8.53. The van der Waals surface area contributed by atoms with Crippen molar-refractivity contribution in [3.05, 3.63) is 60.1 Å². The Morgan fingerprint density at radius 3 is 2.50 bits per heavy atom. The van der Waals surface area contributed by atoms with Crippen molar-refractivity contribution in [2.24, 2.45) is 0 Å². The first kappa shape index (κ1) is 24.1. The monoisotopic (exact) mass is 440 g/mol. The molecule has 1 fully saturated rings. The molecule has 0 bridgehead atoms. The second kappa shape index (κ2) is 13.1. The topological polar surface area (TPSA) is 63.0 Å². The molecule has 6 heteroatoms. The predicted octanol–water partition coefficient (Wildman–Crippen LogP) is 4.79. The molecule has 1 aliphatic rings. The van der Waals surface area contributed by atoms with Crippen LogP contribution in [0.3, 0.4) is 0 Å². The van der Waals surface area contributed by atoms with Crippen molar-refractivity contribution in [2.75, 3.05) is 19.7 Å². The number of benzene rings is 1. The maximum atomic E-state index is 13.4. The van der Waals surface area contributed by atoms with Crippen LogP contribution < -0.4 is 0 Å². The van der Waals surface area contributed by atoms with Crippen LogP contribution in [0.2, 0.25) is 0 Å². The lowest BCUT2D eigenvalue weighted by Crippen LogP contribution is -2.45. The smallest absolute Gasteiger partial charge is 0.242 e. The van der Waals surface area contributed by atoms with Crippen molar-refractivity contribution in [1.29, 1.82) is 0 Å². The fourth-order valence-corrected chi connectivity index (χ4v) is 4.04. The maximum absolute atomic E-state index is 13.4. The van der Waals surface area contributed by atoms with E-state index in [4.69, 9.17) is 9.15 Å². The Morgan fingerprint density at radius 1 is 0.969 bits per heavy atom. The summed E-state index contributed by atoms with van der Waals surface area (Å²) in [5.74, 6) is 0.693. The summed E-state index contributed by atoms with van der Waals surface area (Å²) in [5.41, 5.74) is 1.05. The maximum Gasteiger partial charge on any atom is 0.242 e. The zero-order valence-electron chi connectivity index (χ0n) is 19.2. The van der Waals surface area contributed by atoms with Crippen LogP contribution in [0.4, 0.5) is 0 Å². The Hall–Kier alpha value is -2.60. The molecule has 0 N–H and O–H groups in total. The molecule has 32 heavy (non-hydrogen) atoms. The van der Waals surface area contributed by atoms with Crippen molar-refractivity contribution < 1.29 is 18.7 Å². The first-order valence-electron chi connectivity index (χ1n) is 11.9. The lowest BCUT2D eigenvalue weighted by atomic mass is 10.1. The molecule has 2 amide bonds. The van der Waals surface area contributed by atoms with E-state index in [1.54, 1.807) is 16.1 Å². The normalized spacial score (nSPS) is 15.6. The Balaban J connectivity index is 1.67. The van der Waals surface area contributed by atoms with Crippen LogP contribution in [-0.2, 0) is 27.4 Å². The molecule has 1 aromatic heterocycles. The highest BCUT2D eigenvalue weighted by molar-refractivity contribution is 5.84. The number of furan rings is 1. The van der Waals surface area contributed by atoms with Gasteiger partial charge in [0.2, 0.25) is 11.8 Å². The van der Waals surface area contributed by atoms with E-state index in [1.165, 1.54) is 0 Å². The highest BCUT2D eigenvalue weighted by Crippen LogP contribution is 2.17. The molecule has 0 radical (unpaired) electrons. The van der Waals surface area contributed by atoms with Crippen molar-refractivity contribution in [2.45, 2.75) is 71.1 Å². The number of rotatable bonds is 13. The molecule has 0 aliphatic carbocycles. The van der Waals surface area contributed by atoms with Crippen LogP contribution in [0.5, 0.6) is 0 Å². The van der Waals surface area contributed by atoms with Gasteiger partial charge in [0.15, 0.2) is 0 Å². The predicted molar refractivity (Wildman–Crippen MR) is 124 cm³/mol. The lowest BCUT2D eigenvalue weighted by molar-refractivity contribution is -0.142. The largest absolute Gasteiger partial charge is 0.467 e.